The largest absolute Gasteiger partial charge is 0.351 e. The van der Waals surface area contributed by atoms with Gasteiger partial charge in [0.05, 0.1) is 17.7 Å². The highest BCUT2D eigenvalue weighted by Gasteiger charge is 2.39. The van der Waals surface area contributed by atoms with Gasteiger partial charge in [-0.3, -0.25) is 18.5 Å². The summed E-state index contributed by atoms with van der Waals surface area (Å²) in [5, 5.41) is 0. The Kier molecular flexibility index (Phi) is 5.84. The molecular formula is C12H14BrClN2O6S. The first kappa shape index (κ1) is 18.4. The first-order chi connectivity index (χ1) is 10.7. The van der Waals surface area contributed by atoms with E-state index >= 15 is 0 Å². The number of rotatable bonds is 5. The van der Waals surface area contributed by atoms with E-state index in [1.165, 1.54) is 21.8 Å². The predicted octanol–water partition coefficient (Wildman–Crippen LogP) is 0.773. The molecule has 0 aliphatic carbocycles. The van der Waals surface area contributed by atoms with E-state index in [0.29, 0.717) is 0 Å². The van der Waals surface area contributed by atoms with Crippen LogP contribution >= 0.6 is 27.5 Å². The highest BCUT2D eigenvalue weighted by Crippen LogP contribution is 2.31. The Morgan fingerprint density at radius 3 is 2.83 bits per heavy atom. The minimum Gasteiger partial charge on any atom is -0.351 e. The van der Waals surface area contributed by atoms with Gasteiger partial charge in [-0.25, -0.2) is 4.79 Å². The number of ether oxygens (including phenoxy) is 1. The highest BCUT2D eigenvalue weighted by molar-refractivity contribution is 9.11. The van der Waals surface area contributed by atoms with Crippen molar-refractivity contribution in [2.24, 2.45) is 0 Å². The van der Waals surface area contributed by atoms with Crippen LogP contribution in [-0.2, 0) is 19.0 Å². The SMILES string of the molecule is CS(=O)(=O)O[C@H]1C[C@H](n2cc(/C=C/Br)c(=O)[nH]c2=O)O[C@@H]1CCl. The van der Waals surface area contributed by atoms with Gasteiger partial charge in [-0.2, -0.15) is 8.42 Å². The van der Waals surface area contributed by atoms with Gasteiger partial charge in [0.25, 0.3) is 15.7 Å². The van der Waals surface area contributed by atoms with Gasteiger partial charge in [0.2, 0.25) is 0 Å². The third kappa shape index (κ3) is 4.54. The number of nitrogens with zero attached hydrogens (tertiary/aromatic N) is 1. The van der Waals surface area contributed by atoms with Crippen LogP contribution in [0.1, 0.15) is 18.2 Å². The summed E-state index contributed by atoms with van der Waals surface area (Å²) in [6.07, 6.45) is 1.54. The Hall–Kier alpha value is -0.940. The van der Waals surface area contributed by atoms with E-state index in [-0.39, 0.29) is 17.9 Å². The highest BCUT2D eigenvalue weighted by atomic mass is 79.9. The summed E-state index contributed by atoms with van der Waals surface area (Å²) >= 11 is 8.82. The molecule has 0 saturated carbocycles. The van der Waals surface area contributed by atoms with Crippen LogP contribution in [0, 0.1) is 0 Å². The van der Waals surface area contributed by atoms with E-state index in [9.17, 15) is 18.0 Å². The second-order valence-electron chi connectivity index (χ2n) is 4.90. The molecule has 23 heavy (non-hydrogen) atoms. The molecule has 3 atom stereocenters. The van der Waals surface area contributed by atoms with Crippen LogP contribution in [0.3, 0.4) is 0 Å². The molecule has 1 N–H and O–H groups in total. The number of aromatic nitrogens is 2. The Labute approximate surface area is 145 Å². The molecule has 0 amide bonds. The number of H-pyrrole nitrogens is 1. The zero-order valence-corrected chi connectivity index (χ0v) is 15.1. The maximum atomic E-state index is 12.0. The standard InChI is InChI=1S/C12H14BrClN2O6S/c1-23(19,20)22-8-4-10(21-9(8)5-14)16-6-7(2-3-13)11(17)15-12(16)18/h2-3,6,8-10H,4-5H2,1H3,(H,15,17,18)/b3-2+/t8-,9+,10+/m0/s1. The zero-order valence-electron chi connectivity index (χ0n) is 11.9. The van der Waals surface area contributed by atoms with Crippen molar-refractivity contribution in [2.75, 3.05) is 12.1 Å². The summed E-state index contributed by atoms with van der Waals surface area (Å²) in [6.45, 7) is 0. The first-order valence-corrected chi connectivity index (χ1v) is 9.73. The summed E-state index contributed by atoms with van der Waals surface area (Å²) in [6, 6.07) is 0. The third-order valence-corrected chi connectivity index (χ3v) is 4.34. The molecule has 2 rings (SSSR count). The molecule has 0 aromatic carbocycles. The number of alkyl halides is 1. The molecular weight excluding hydrogens is 416 g/mol. The van der Waals surface area contributed by atoms with Crippen LogP contribution in [-0.4, -0.2) is 42.3 Å². The molecule has 1 fully saturated rings. The van der Waals surface area contributed by atoms with E-state index in [4.69, 9.17) is 20.5 Å². The van der Waals surface area contributed by atoms with Gasteiger partial charge in [-0.1, -0.05) is 15.9 Å². The average Bonchev–Trinajstić information content (AvgIpc) is 2.82. The minimum atomic E-state index is -3.69. The molecule has 1 aromatic rings. The van der Waals surface area contributed by atoms with Crippen LogP contribution in [0.2, 0.25) is 0 Å². The summed E-state index contributed by atoms with van der Waals surface area (Å²) < 4.78 is 34.3. The van der Waals surface area contributed by atoms with E-state index in [2.05, 4.69) is 20.9 Å². The lowest BCUT2D eigenvalue weighted by Crippen LogP contribution is -2.33. The second-order valence-corrected chi connectivity index (χ2v) is 7.34. The Bertz CT molecular complexity index is 818. The molecule has 0 unspecified atom stereocenters. The lowest BCUT2D eigenvalue weighted by Gasteiger charge is -2.15. The van der Waals surface area contributed by atoms with Gasteiger partial charge < -0.3 is 4.74 Å². The zero-order chi connectivity index (χ0) is 17.2. The maximum absolute atomic E-state index is 12.0. The number of hydrogen-bond acceptors (Lipinski definition) is 6. The van der Waals surface area contributed by atoms with Gasteiger partial charge in [0.15, 0.2) is 0 Å². The van der Waals surface area contributed by atoms with Crippen molar-refractivity contribution in [2.45, 2.75) is 24.9 Å². The molecule has 1 aromatic heterocycles. The van der Waals surface area contributed by atoms with Crippen molar-refractivity contribution in [1.82, 2.24) is 9.55 Å². The Morgan fingerprint density at radius 1 is 1.57 bits per heavy atom. The maximum Gasteiger partial charge on any atom is 0.330 e. The quantitative estimate of drug-likeness (QED) is 0.547. The lowest BCUT2D eigenvalue weighted by atomic mass is 10.2. The fourth-order valence-corrected chi connectivity index (χ4v) is 3.45. The summed E-state index contributed by atoms with van der Waals surface area (Å²) in [5.41, 5.74) is -0.974. The number of hydrogen-bond donors (Lipinski definition) is 1. The van der Waals surface area contributed by atoms with Crippen molar-refractivity contribution < 1.29 is 17.3 Å². The molecule has 2 heterocycles. The van der Waals surface area contributed by atoms with Gasteiger partial charge in [-0.05, 0) is 11.1 Å². The average molecular weight is 430 g/mol. The van der Waals surface area contributed by atoms with Crippen LogP contribution in [0.25, 0.3) is 6.08 Å². The Morgan fingerprint density at radius 2 is 2.26 bits per heavy atom. The van der Waals surface area contributed by atoms with Crippen molar-refractivity contribution in [3.63, 3.8) is 0 Å². The second kappa shape index (κ2) is 7.31. The molecule has 0 bridgehead atoms. The number of nitrogens with one attached hydrogen (secondary N) is 1. The van der Waals surface area contributed by atoms with E-state index in [1.807, 2.05) is 0 Å². The number of aromatic amines is 1. The molecule has 1 aliphatic rings. The monoisotopic (exact) mass is 428 g/mol. The summed E-state index contributed by atoms with van der Waals surface area (Å²) in [7, 11) is -3.69. The van der Waals surface area contributed by atoms with Crippen LogP contribution in [0.5, 0.6) is 0 Å². The number of halogens is 2. The van der Waals surface area contributed by atoms with Crippen LogP contribution in [0.15, 0.2) is 20.8 Å². The molecule has 1 saturated heterocycles. The Balaban J connectivity index is 2.34. The topological polar surface area (TPSA) is 107 Å². The smallest absolute Gasteiger partial charge is 0.330 e. The van der Waals surface area contributed by atoms with E-state index in [0.717, 1.165) is 6.26 Å². The molecule has 8 nitrogen and oxygen atoms in total. The fraction of sp³-hybridized carbons (Fsp3) is 0.500. The van der Waals surface area contributed by atoms with Crippen molar-refractivity contribution >= 4 is 43.7 Å². The van der Waals surface area contributed by atoms with Crippen LogP contribution in [0.4, 0.5) is 0 Å². The van der Waals surface area contributed by atoms with Crippen LogP contribution < -0.4 is 11.2 Å². The fourth-order valence-electron chi connectivity index (χ4n) is 2.24. The molecule has 11 heteroatoms. The summed E-state index contributed by atoms with van der Waals surface area (Å²) in [4.78, 5) is 27.3. The van der Waals surface area contributed by atoms with Crippen molar-refractivity contribution in [3.8, 4) is 0 Å². The molecule has 128 valence electrons. The molecule has 0 radical (unpaired) electrons. The van der Waals surface area contributed by atoms with Crippen molar-refractivity contribution in [1.29, 1.82) is 0 Å². The first-order valence-electron chi connectivity index (χ1n) is 6.47. The normalized spacial score (nSPS) is 25.3. The van der Waals surface area contributed by atoms with E-state index < -0.39 is 39.8 Å². The lowest BCUT2D eigenvalue weighted by molar-refractivity contribution is -0.00405. The minimum absolute atomic E-state index is 0.00293. The summed E-state index contributed by atoms with van der Waals surface area (Å²) in [5.74, 6) is 0.00293. The molecule has 0 spiro atoms. The van der Waals surface area contributed by atoms with Gasteiger partial charge >= 0.3 is 5.69 Å². The van der Waals surface area contributed by atoms with Gasteiger partial charge in [0.1, 0.15) is 18.4 Å². The van der Waals surface area contributed by atoms with Gasteiger partial charge in [-0.15, -0.1) is 11.6 Å². The molecule has 1 aliphatic heterocycles. The predicted molar refractivity (Wildman–Crippen MR) is 88.2 cm³/mol. The van der Waals surface area contributed by atoms with E-state index in [1.54, 1.807) is 0 Å². The third-order valence-electron chi connectivity index (χ3n) is 3.18. The van der Waals surface area contributed by atoms with Gasteiger partial charge in [0, 0.05) is 12.6 Å². The van der Waals surface area contributed by atoms with Crippen molar-refractivity contribution in [3.05, 3.63) is 37.6 Å².